The van der Waals surface area contributed by atoms with Gasteiger partial charge >= 0.3 is 0 Å². The van der Waals surface area contributed by atoms with Gasteiger partial charge in [0.25, 0.3) is 0 Å². The molecule has 1 aliphatic heterocycles. The number of ketones is 1. The van der Waals surface area contributed by atoms with Gasteiger partial charge in [-0.15, -0.1) is 0 Å². The average Bonchev–Trinajstić information content (AvgIpc) is 3.24. The van der Waals surface area contributed by atoms with Gasteiger partial charge in [-0.2, -0.15) is 5.10 Å². The highest BCUT2D eigenvalue weighted by Gasteiger charge is 2.33. The molecule has 0 bridgehead atoms. The zero-order chi connectivity index (χ0) is 33.4. The lowest BCUT2D eigenvalue weighted by Gasteiger charge is -2.27. The minimum absolute atomic E-state index is 0.0886. The van der Waals surface area contributed by atoms with E-state index in [1.165, 1.54) is 23.4 Å². The van der Waals surface area contributed by atoms with Crippen LogP contribution < -0.4 is 21.3 Å². The predicted molar refractivity (Wildman–Crippen MR) is 164 cm³/mol. The highest BCUT2D eigenvalue weighted by molar-refractivity contribution is 5.97. The molecular formula is C31H43N7O7. The maximum atomic E-state index is 13.5. The van der Waals surface area contributed by atoms with Crippen molar-refractivity contribution in [2.45, 2.75) is 78.7 Å². The summed E-state index contributed by atoms with van der Waals surface area (Å²) in [6, 6.07) is 5.42. The number of carbonyl (C=O) groups is 6. The summed E-state index contributed by atoms with van der Waals surface area (Å²) >= 11 is 0. The number of aromatic nitrogens is 2. The fourth-order valence-electron chi connectivity index (χ4n) is 5.21. The van der Waals surface area contributed by atoms with Crippen LogP contribution >= 0.6 is 0 Å². The fraction of sp³-hybridized carbons (Fsp3) is 0.516. The summed E-state index contributed by atoms with van der Waals surface area (Å²) in [6.07, 6.45) is -1.20. The summed E-state index contributed by atoms with van der Waals surface area (Å²) in [6.45, 7) is 8.63. The molecule has 45 heavy (non-hydrogen) atoms. The summed E-state index contributed by atoms with van der Waals surface area (Å²) in [5, 5.41) is 25.2. The zero-order valence-corrected chi connectivity index (χ0v) is 26.5. The molecule has 2 aromatic rings. The van der Waals surface area contributed by atoms with Crippen LogP contribution in [0.3, 0.4) is 0 Å². The third-order valence-electron chi connectivity index (χ3n) is 7.63. The molecule has 0 saturated carbocycles. The molecule has 244 valence electrons. The van der Waals surface area contributed by atoms with Crippen molar-refractivity contribution in [3.05, 3.63) is 52.8 Å². The Morgan fingerprint density at radius 2 is 1.62 bits per heavy atom. The van der Waals surface area contributed by atoms with Gasteiger partial charge in [-0.05, 0) is 39.2 Å². The second-order valence-corrected chi connectivity index (χ2v) is 11.6. The van der Waals surface area contributed by atoms with Gasteiger partial charge in [-0.25, -0.2) is 0 Å². The van der Waals surface area contributed by atoms with Crippen LogP contribution in [-0.4, -0.2) is 99.0 Å². The maximum absolute atomic E-state index is 13.5. The molecule has 1 saturated heterocycles. The van der Waals surface area contributed by atoms with Crippen molar-refractivity contribution in [1.29, 1.82) is 0 Å². The molecule has 1 fully saturated rings. The maximum Gasteiger partial charge on any atom is 0.245 e. The van der Waals surface area contributed by atoms with E-state index < -0.39 is 60.3 Å². The van der Waals surface area contributed by atoms with Gasteiger partial charge in [0.1, 0.15) is 24.7 Å². The molecule has 0 unspecified atom stereocenters. The quantitative estimate of drug-likeness (QED) is 0.252. The predicted octanol–water partition coefficient (Wildman–Crippen LogP) is -0.605. The first-order valence-electron chi connectivity index (χ1n) is 14.9. The Labute approximate surface area is 262 Å². The standard InChI is InChI=1S/C31H43N7O7/c1-17(2)27-31(45)33-23(14-22-10-8-7-9-11-22)29(43)35-28(21(6)40)30(44)32-12-13-37(15-24(41)34-27)25(42)16-38-19(4)26(20(5)39)18(3)36-38/h7-11,17,21,23,27-28,40H,12-16H2,1-6H3,(H,32,44)(H,33,45)(H,34,41)(H,35,43)/t21-,23+,27-,28+/m1/s1. The van der Waals surface area contributed by atoms with E-state index in [4.69, 9.17) is 0 Å². The van der Waals surface area contributed by atoms with Gasteiger partial charge in [0, 0.05) is 25.2 Å². The number of hydrogen-bond acceptors (Lipinski definition) is 8. The summed E-state index contributed by atoms with van der Waals surface area (Å²) in [4.78, 5) is 80.0. The Balaban J connectivity index is 1.92. The number of Topliss-reactive ketones (excluding diaryl/α,β-unsaturated/α-hetero) is 1. The van der Waals surface area contributed by atoms with Gasteiger partial charge < -0.3 is 31.3 Å². The molecule has 0 aliphatic carbocycles. The van der Waals surface area contributed by atoms with E-state index in [1.54, 1.807) is 52.0 Å². The third-order valence-corrected chi connectivity index (χ3v) is 7.63. The summed E-state index contributed by atoms with van der Waals surface area (Å²) < 4.78 is 1.39. The van der Waals surface area contributed by atoms with Crippen LogP contribution in [0.5, 0.6) is 0 Å². The normalized spacial score (nSPS) is 21.2. The second kappa shape index (κ2) is 15.4. The van der Waals surface area contributed by atoms with Crippen molar-refractivity contribution >= 4 is 35.3 Å². The third kappa shape index (κ3) is 9.20. The molecule has 5 N–H and O–H groups in total. The molecular weight excluding hydrogens is 582 g/mol. The van der Waals surface area contributed by atoms with E-state index in [9.17, 15) is 33.9 Å². The molecule has 1 aromatic carbocycles. The van der Waals surface area contributed by atoms with Gasteiger partial charge in [0.2, 0.25) is 29.5 Å². The van der Waals surface area contributed by atoms with E-state index >= 15 is 0 Å². The monoisotopic (exact) mass is 625 g/mol. The Morgan fingerprint density at radius 3 is 2.20 bits per heavy atom. The van der Waals surface area contributed by atoms with Gasteiger partial charge in [0.05, 0.1) is 23.9 Å². The van der Waals surface area contributed by atoms with Gasteiger partial charge in [0.15, 0.2) is 5.78 Å². The molecule has 5 amide bonds. The number of aliphatic hydroxyl groups is 1. The number of hydrogen-bond donors (Lipinski definition) is 5. The second-order valence-electron chi connectivity index (χ2n) is 11.6. The SMILES string of the molecule is CC(=O)c1c(C)nn(CC(=O)N2CCNC(=O)[C@H]([C@@H](C)O)NC(=O)[C@H](Cc3ccccc3)NC(=O)[C@@H](C(C)C)NC(=O)C2)c1C. The van der Waals surface area contributed by atoms with Crippen molar-refractivity contribution in [2.24, 2.45) is 5.92 Å². The van der Waals surface area contributed by atoms with Crippen LogP contribution in [0.4, 0.5) is 0 Å². The van der Waals surface area contributed by atoms with Crippen molar-refractivity contribution in [1.82, 2.24) is 35.9 Å². The molecule has 1 aliphatic rings. The summed E-state index contributed by atoms with van der Waals surface area (Å²) in [5.74, 6) is -3.74. The molecule has 14 nitrogen and oxygen atoms in total. The molecule has 1 aromatic heterocycles. The summed E-state index contributed by atoms with van der Waals surface area (Å²) in [7, 11) is 0. The highest BCUT2D eigenvalue weighted by atomic mass is 16.3. The van der Waals surface area contributed by atoms with Crippen LogP contribution in [0.2, 0.25) is 0 Å². The number of aliphatic hydroxyl groups excluding tert-OH is 1. The Hall–Kier alpha value is -4.59. The zero-order valence-electron chi connectivity index (χ0n) is 26.5. The number of rotatable bonds is 7. The number of carbonyl (C=O) groups excluding carboxylic acids is 6. The topological polar surface area (TPSA) is 192 Å². The van der Waals surface area contributed by atoms with Crippen LogP contribution in [0.1, 0.15) is 55.0 Å². The van der Waals surface area contributed by atoms with Crippen molar-refractivity contribution in [3.63, 3.8) is 0 Å². The Bertz CT molecular complexity index is 1420. The van der Waals surface area contributed by atoms with Crippen molar-refractivity contribution in [3.8, 4) is 0 Å². The number of aryl methyl sites for hydroxylation is 1. The van der Waals surface area contributed by atoms with E-state index in [1.807, 2.05) is 6.07 Å². The smallest absolute Gasteiger partial charge is 0.245 e. The van der Waals surface area contributed by atoms with Crippen molar-refractivity contribution < 1.29 is 33.9 Å². The van der Waals surface area contributed by atoms with Crippen LogP contribution in [0, 0.1) is 19.8 Å². The Morgan fingerprint density at radius 1 is 0.956 bits per heavy atom. The largest absolute Gasteiger partial charge is 0.391 e. The number of amides is 5. The first-order chi connectivity index (χ1) is 21.2. The lowest BCUT2D eigenvalue weighted by atomic mass is 10.0. The lowest BCUT2D eigenvalue weighted by molar-refractivity contribution is -0.138. The van der Waals surface area contributed by atoms with E-state index in [2.05, 4.69) is 26.4 Å². The first-order valence-corrected chi connectivity index (χ1v) is 14.9. The molecule has 3 rings (SSSR count). The average molecular weight is 626 g/mol. The molecule has 0 spiro atoms. The van der Waals surface area contributed by atoms with Crippen molar-refractivity contribution in [2.75, 3.05) is 19.6 Å². The van der Waals surface area contributed by atoms with E-state index in [0.29, 0.717) is 17.0 Å². The minimum Gasteiger partial charge on any atom is -0.391 e. The highest BCUT2D eigenvalue weighted by Crippen LogP contribution is 2.14. The number of nitrogens with one attached hydrogen (secondary N) is 4. The Kier molecular flexibility index (Phi) is 12.0. The van der Waals surface area contributed by atoms with Crippen LogP contribution in [0.15, 0.2) is 30.3 Å². The van der Waals surface area contributed by atoms with Crippen LogP contribution in [-0.2, 0) is 36.9 Å². The minimum atomic E-state index is -1.36. The van der Waals surface area contributed by atoms with E-state index in [-0.39, 0.29) is 37.8 Å². The molecule has 14 heteroatoms. The fourth-order valence-corrected chi connectivity index (χ4v) is 5.21. The summed E-state index contributed by atoms with van der Waals surface area (Å²) in [5.41, 5.74) is 2.12. The first kappa shape index (κ1) is 34.9. The molecule has 0 radical (unpaired) electrons. The van der Waals surface area contributed by atoms with E-state index in [0.717, 1.165) is 5.56 Å². The van der Waals surface area contributed by atoms with Gasteiger partial charge in [-0.1, -0.05) is 44.2 Å². The molecule has 2 heterocycles. The number of nitrogens with zero attached hydrogens (tertiary/aromatic N) is 3. The molecule has 4 atom stereocenters. The lowest BCUT2D eigenvalue weighted by Crippen LogP contribution is -2.60. The van der Waals surface area contributed by atoms with Gasteiger partial charge in [-0.3, -0.25) is 33.4 Å². The van der Waals surface area contributed by atoms with Crippen LogP contribution in [0.25, 0.3) is 0 Å². The number of benzene rings is 1.